The number of hydrogen-bond donors (Lipinski definition) is 3. The molecule has 0 aliphatic rings. The van der Waals surface area contributed by atoms with Crippen molar-refractivity contribution < 1.29 is 29.1 Å². The Labute approximate surface area is 103 Å². The lowest BCUT2D eigenvalue weighted by molar-refractivity contribution is -0.141. The third-order valence-corrected chi connectivity index (χ3v) is 2.11. The number of aromatic nitrogens is 1. The lowest BCUT2D eigenvalue weighted by Gasteiger charge is -2.15. The number of amides is 1. The Hall–Kier alpha value is -1.93. The first-order valence-electron chi connectivity index (χ1n) is 5.12. The van der Waals surface area contributed by atoms with Crippen LogP contribution in [0.3, 0.4) is 0 Å². The number of aliphatic hydroxyl groups excluding tert-OH is 1. The van der Waals surface area contributed by atoms with Crippen LogP contribution in [0.4, 0.5) is 0 Å². The summed E-state index contributed by atoms with van der Waals surface area (Å²) in [6, 6.07) is -0.0696. The second kappa shape index (κ2) is 6.12. The molecule has 0 aromatic carbocycles. The average Bonchev–Trinajstić information content (AvgIpc) is 2.73. The number of hydrogen-bond acceptors (Lipinski definition) is 6. The van der Waals surface area contributed by atoms with Crippen molar-refractivity contribution in [3.8, 4) is 0 Å². The quantitative estimate of drug-likeness (QED) is 0.621. The minimum Gasteiger partial charge on any atom is -0.480 e. The van der Waals surface area contributed by atoms with E-state index in [0.717, 1.165) is 0 Å². The zero-order chi connectivity index (χ0) is 13.7. The first kappa shape index (κ1) is 14.1. The van der Waals surface area contributed by atoms with Crippen LogP contribution in [-0.4, -0.2) is 46.5 Å². The highest BCUT2D eigenvalue weighted by molar-refractivity contribution is 5.95. The fourth-order valence-corrected chi connectivity index (χ4v) is 1.23. The molecule has 1 amide bonds. The molecule has 0 unspecified atom stereocenters. The minimum absolute atomic E-state index is 0.0750. The van der Waals surface area contributed by atoms with Gasteiger partial charge in [-0.1, -0.05) is 5.16 Å². The maximum atomic E-state index is 11.6. The molecule has 0 saturated carbocycles. The van der Waals surface area contributed by atoms with Gasteiger partial charge >= 0.3 is 5.97 Å². The number of methoxy groups -OCH3 is 1. The number of carboxylic acid groups (broad SMARTS) is 1. The van der Waals surface area contributed by atoms with E-state index in [1.54, 1.807) is 0 Å². The molecule has 100 valence electrons. The van der Waals surface area contributed by atoms with Gasteiger partial charge in [-0.3, -0.25) is 4.79 Å². The average molecular weight is 258 g/mol. The minimum atomic E-state index is -1.40. The molecule has 18 heavy (non-hydrogen) atoms. The van der Waals surface area contributed by atoms with Gasteiger partial charge in [0.05, 0.1) is 6.10 Å². The number of carbonyl (C=O) groups is 2. The second-order valence-electron chi connectivity index (χ2n) is 3.64. The van der Waals surface area contributed by atoms with Crippen LogP contribution in [0.1, 0.15) is 23.2 Å². The normalized spacial score (nSPS) is 13.9. The molecule has 1 heterocycles. The highest BCUT2D eigenvalue weighted by Crippen LogP contribution is 2.05. The van der Waals surface area contributed by atoms with Gasteiger partial charge in [-0.05, 0) is 6.92 Å². The third kappa shape index (κ3) is 3.54. The molecular formula is C10H14N2O6. The van der Waals surface area contributed by atoms with Crippen LogP contribution in [0.5, 0.6) is 0 Å². The Bertz CT molecular complexity index is 428. The highest BCUT2D eigenvalue weighted by Gasteiger charge is 2.26. The molecule has 0 aliphatic carbocycles. The van der Waals surface area contributed by atoms with Gasteiger partial charge in [0, 0.05) is 13.2 Å². The Morgan fingerprint density at radius 2 is 2.28 bits per heavy atom. The Balaban J connectivity index is 2.71. The van der Waals surface area contributed by atoms with E-state index in [1.165, 1.54) is 20.1 Å². The van der Waals surface area contributed by atoms with Crippen molar-refractivity contribution in [1.29, 1.82) is 0 Å². The van der Waals surface area contributed by atoms with Crippen LogP contribution in [0.25, 0.3) is 0 Å². The molecule has 8 nitrogen and oxygen atoms in total. The van der Waals surface area contributed by atoms with Crippen LogP contribution in [0, 0.1) is 0 Å². The maximum Gasteiger partial charge on any atom is 0.328 e. The first-order valence-corrected chi connectivity index (χ1v) is 5.12. The van der Waals surface area contributed by atoms with Gasteiger partial charge in [0.15, 0.2) is 17.5 Å². The molecule has 8 heteroatoms. The Kier molecular flexibility index (Phi) is 4.81. The van der Waals surface area contributed by atoms with Gasteiger partial charge in [-0.25, -0.2) is 4.79 Å². The monoisotopic (exact) mass is 258 g/mol. The summed E-state index contributed by atoms with van der Waals surface area (Å²) in [5.41, 5.74) is -0.0750. The summed E-state index contributed by atoms with van der Waals surface area (Å²) in [4.78, 5) is 22.4. The lowest BCUT2D eigenvalue weighted by Crippen LogP contribution is -2.47. The molecule has 0 bridgehead atoms. The van der Waals surface area contributed by atoms with Crippen molar-refractivity contribution in [3.05, 3.63) is 17.5 Å². The largest absolute Gasteiger partial charge is 0.480 e. The van der Waals surface area contributed by atoms with Gasteiger partial charge in [-0.2, -0.15) is 0 Å². The number of aliphatic carboxylic acids is 1. The molecular weight excluding hydrogens is 244 g/mol. The number of ether oxygens (including phenoxy) is 1. The van der Waals surface area contributed by atoms with E-state index in [1.807, 2.05) is 0 Å². The van der Waals surface area contributed by atoms with E-state index in [9.17, 15) is 14.7 Å². The maximum absolute atomic E-state index is 11.6. The number of nitrogens with zero attached hydrogens (tertiary/aromatic N) is 1. The van der Waals surface area contributed by atoms with Gasteiger partial charge < -0.3 is 24.8 Å². The molecule has 0 radical (unpaired) electrons. The topological polar surface area (TPSA) is 122 Å². The zero-order valence-electron chi connectivity index (χ0n) is 9.91. The third-order valence-electron chi connectivity index (χ3n) is 2.11. The van der Waals surface area contributed by atoms with Crippen molar-refractivity contribution in [1.82, 2.24) is 10.5 Å². The molecule has 0 aliphatic heterocycles. The molecule has 0 saturated heterocycles. The molecule has 1 aromatic rings. The first-order chi connectivity index (χ1) is 8.45. The van der Waals surface area contributed by atoms with Crippen molar-refractivity contribution in [3.63, 3.8) is 0 Å². The number of rotatable bonds is 6. The highest BCUT2D eigenvalue weighted by atomic mass is 16.5. The summed E-state index contributed by atoms with van der Waals surface area (Å²) in [6.07, 6.45) is -1.23. The van der Waals surface area contributed by atoms with Crippen LogP contribution < -0.4 is 5.32 Å². The summed E-state index contributed by atoms with van der Waals surface area (Å²) in [5, 5.41) is 23.6. The number of nitrogens with one attached hydrogen (secondary N) is 1. The SMILES string of the molecule is COCc1cc(C(=O)N[C@H](C(=O)O)[C@@H](C)O)no1. The second-order valence-corrected chi connectivity index (χ2v) is 3.64. The van der Waals surface area contributed by atoms with E-state index < -0.39 is 24.0 Å². The van der Waals surface area contributed by atoms with Crippen molar-refractivity contribution in [2.24, 2.45) is 0 Å². The predicted molar refractivity (Wildman–Crippen MR) is 57.8 cm³/mol. The van der Waals surface area contributed by atoms with Gasteiger partial charge in [-0.15, -0.1) is 0 Å². The summed E-state index contributed by atoms with van der Waals surface area (Å²) in [6.45, 7) is 1.41. The molecule has 3 N–H and O–H groups in total. The van der Waals surface area contributed by atoms with Gasteiger partial charge in [0.25, 0.3) is 5.91 Å². The van der Waals surface area contributed by atoms with E-state index in [4.69, 9.17) is 14.4 Å². The summed E-state index contributed by atoms with van der Waals surface area (Å²) < 4.78 is 9.56. The lowest BCUT2D eigenvalue weighted by atomic mass is 10.2. The number of carboxylic acids is 1. The van der Waals surface area contributed by atoms with Crippen LogP contribution in [0.2, 0.25) is 0 Å². The van der Waals surface area contributed by atoms with Crippen LogP contribution in [0.15, 0.2) is 10.6 Å². The van der Waals surface area contributed by atoms with E-state index in [0.29, 0.717) is 5.76 Å². The standard InChI is InChI=1S/C10H14N2O6/c1-5(13)8(10(15)16)11-9(14)7-3-6(4-17-2)18-12-7/h3,5,8,13H,4H2,1-2H3,(H,11,14)(H,15,16)/t5-,8+/m1/s1. The fraction of sp³-hybridized carbons (Fsp3) is 0.500. The Morgan fingerprint density at radius 1 is 1.61 bits per heavy atom. The summed E-state index contributed by atoms with van der Waals surface area (Å²) >= 11 is 0. The summed E-state index contributed by atoms with van der Waals surface area (Å²) in [7, 11) is 1.45. The van der Waals surface area contributed by atoms with E-state index in [-0.39, 0.29) is 12.3 Å². The molecule has 0 spiro atoms. The van der Waals surface area contributed by atoms with Crippen LogP contribution in [-0.2, 0) is 16.1 Å². The Morgan fingerprint density at radius 3 is 2.78 bits per heavy atom. The predicted octanol–water partition coefficient (Wildman–Crippen LogP) is -0.615. The van der Waals surface area contributed by atoms with Gasteiger partial charge in [0.2, 0.25) is 0 Å². The molecule has 1 rings (SSSR count). The van der Waals surface area contributed by atoms with Gasteiger partial charge in [0.1, 0.15) is 6.61 Å². The van der Waals surface area contributed by atoms with E-state index >= 15 is 0 Å². The van der Waals surface area contributed by atoms with E-state index in [2.05, 4.69) is 10.5 Å². The molecule has 2 atom stereocenters. The van der Waals surface area contributed by atoms with Crippen molar-refractivity contribution in [2.75, 3.05) is 7.11 Å². The number of aliphatic hydroxyl groups is 1. The van der Waals surface area contributed by atoms with Crippen LogP contribution >= 0.6 is 0 Å². The van der Waals surface area contributed by atoms with Crippen molar-refractivity contribution >= 4 is 11.9 Å². The molecule has 1 aromatic heterocycles. The summed E-state index contributed by atoms with van der Waals surface area (Å²) in [5.74, 6) is -1.74. The number of carbonyl (C=O) groups excluding carboxylic acids is 1. The molecule has 0 fully saturated rings. The fourth-order valence-electron chi connectivity index (χ4n) is 1.23. The van der Waals surface area contributed by atoms with Crippen molar-refractivity contribution in [2.45, 2.75) is 25.7 Å². The smallest absolute Gasteiger partial charge is 0.328 e. The zero-order valence-corrected chi connectivity index (χ0v) is 9.91.